The minimum absolute atomic E-state index is 0.117. The number of amides is 1. The summed E-state index contributed by atoms with van der Waals surface area (Å²) in [5.41, 5.74) is 0.485. The fourth-order valence-electron chi connectivity index (χ4n) is 3.29. The van der Waals surface area contributed by atoms with Gasteiger partial charge in [0.2, 0.25) is 11.9 Å². The second-order valence-electron chi connectivity index (χ2n) is 7.18. The van der Waals surface area contributed by atoms with Gasteiger partial charge in [-0.15, -0.1) is 10.2 Å². The lowest BCUT2D eigenvalue weighted by Crippen LogP contribution is -2.38. The number of carbonyl (C=O) groups excluding carboxylic acids is 1. The molecule has 8 nitrogen and oxygen atoms in total. The van der Waals surface area contributed by atoms with E-state index in [-0.39, 0.29) is 24.0 Å². The summed E-state index contributed by atoms with van der Waals surface area (Å²) in [6.07, 6.45) is 1.63. The van der Waals surface area contributed by atoms with E-state index < -0.39 is 0 Å². The van der Waals surface area contributed by atoms with Crippen molar-refractivity contribution in [1.29, 1.82) is 0 Å². The van der Waals surface area contributed by atoms with Gasteiger partial charge in [-0.05, 0) is 18.2 Å². The van der Waals surface area contributed by atoms with E-state index in [9.17, 15) is 9.18 Å². The van der Waals surface area contributed by atoms with E-state index in [4.69, 9.17) is 9.15 Å². The zero-order valence-corrected chi connectivity index (χ0v) is 18.1. The van der Waals surface area contributed by atoms with E-state index in [2.05, 4.69) is 15.1 Å². The number of furan rings is 1. The lowest BCUT2D eigenvalue weighted by atomic mass is 10.2. The quantitative estimate of drug-likeness (QED) is 0.494. The highest BCUT2D eigenvalue weighted by molar-refractivity contribution is 7.99. The molecule has 0 aliphatic carbocycles. The Morgan fingerprint density at radius 2 is 2.00 bits per heavy atom. The van der Waals surface area contributed by atoms with Crippen LogP contribution in [0.2, 0.25) is 0 Å². The molecule has 0 radical (unpaired) electrons. The molecule has 1 aliphatic rings. The molecule has 0 unspecified atom stereocenters. The van der Waals surface area contributed by atoms with Crippen LogP contribution in [0.1, 0.15) is 11.3 Å². The molecule has 3 heterocycles. The summed E-state index contributed by atoms with van der Waals surface area (Å²) in [6, 6.07) is 10.2. The second-order valence-corrected chi connectivity index (χ2v) is 8.12. The average molecular weight is 446 g/mol. The maximum atomic E-state index is 13.9. The van der Waals surface area contributed by atoms with Crippen molar-refractivity contribution in [2.75, 3.05) is 44.0 Å². The number of thioether (sulfide) groups is 1. The number of halogens is 1. The van der Waals surface area contributed by atoms with Gasteiger partial charge in [0, 0.05) is 32.2 Å². The Bertz CT molecular complexity index is 1000. The van der Waals surface area contributed by atoms with Crippen LogP contribution in [0.25, 0.3) is 0 Å². The molecule has 0 bridgehead atoms. The van der Waals surface area contributed by atoms with Gasteiger partial charge in [-0.25, -0.2) is 4.39 Å². The predicted molar refractivity (Wildman–Crippen MR) is 114 cm³/mol. The molecular formula is C21H24FN5O3S. The first-order chi connectivity index (χ1) is 15.1. The monoisotopic (exact) mass is 445 g/mol. The van der Waals surface area contributed by atoms with Gasteiger partial charge in [-0.2, -0.15) is 0 Å². The molecule has 0 atom stereocenters. The number of carbonyl (C=O) groups is 1. The third kappa shape index (κ3) is 5.26. The van der Waals surface area contributed by atoms with Crippen molar-refractivity contribution in [2.45, 2.75) is 18.2 Å². The van der Waals surface area contributed by atoms with Crippen LogP contribution in [0.15, 0.2) is 52.2 Å². The van der Waals surface area contributed by atoms with E-state index in [1.807, 2.05) is 16.7 Å². The smallest absolute Gasteiger partial charge is 0.233 e. The molecule has 0 saturated carbocycles. The van der Waals surface area contributed by atoms with Crippen molar-refractivity contribution < 1.29 is 18.3 Å². The van der Waals surface area contributed by atoms with Gasteiger partial charge < -0.3 is 19.0 Å². The zero-order chi connectivity index (χ0) is 21.6. The van der Waals surface area contributed by atoms with Gasteiger partial charge in [-0.1, -0.05) is 30.0 Å². The Labute approximate surface area is 184 Å². The lowest BCUT2D eigenvalue weighted by Gasteiger charge is -2.27. The van der Waals surface area contributed by atoms with Crippen molar-refractivity contribution in [2.24, 2.45) is 0 Å². The number of ether oxygens (including phenoxy) is 1. The number of rotatable bonds is 8. The standard InChI is InChI=1S/C21H24FN5O3S/c1-25(13-16-5-2-3-7-18(16)22)19(28)15-31-21-24-23-20(26-8-11-29-12-9-26)27(21)14-17-6-4-10-30-17/h2-7,10H,8-9,11-15H2,1H3. The molecule has 1 amide bonds. The largest absolute Gasteiger partial charge is 0.467 e. The summed E-state index contributed by atoms with van der Waals surface area (Å²) in [4.78, 5) is 16.3. The predicted octanol–water partition coefficient (Wildman–Crippen LogP) is 2.65. The maximum absolute atomic E-state index is 13.9. The molecule has 3 aromatic rings. The molecule has 1 aliphatic heterocycles. The third-order valence-corrected chi connectivity index (χ3v) is 5.95. The molecule has 0 spiro atoms. The molecule has 1 aromatic carbocycles. The Balaban J connectivity index is 1.45. The third-order valence-electron chi connectivity index (χ3n) is 5.00. The van der Waals surface area contributed by atoms with Crippen molar-refractivity contribution in [3.05, 3.63) is 59.8 Å². The van der Waals surface area contributed by atoms with Gasteiger partial charge in [-0.3, -0.25) is 9.36 Å². The number of benzene rings is 1. The molecule has 164 valence electrons. The van der Waals surface area contributed by atoms with E-state index in [1.54, 1.807) is 31.5 Å². The Morgan fingerprint density at radius 1 is 1.19 bits per heavy atom. The molecule has 4 rings (SSSR count). The number of hydrogen-bond acceptors (Lipinski definition) is 7. The summed E-state index contributed by atoms with van der Waals surface area (Å²) in [5, 5.41) is 9.32. The van der Waals surface area contributed by atoms with E-state index in [0.717, 1.165) is 24.8 Å². The minimum atomic E-state index is -0.317. The molecular weight excluding hydrogens is 421 g/mol. The molecule has 2 aromatic heterocycles. The fraction of sp³-hybridized carbons (Fsp3) is 0.381. The van der Waals surface area contributed by atoms with Crippen LogP contribution in [0, 0.1) is 5.82 Å². The normalized spacial score (nSPS) is 14.1. The highest BCUT2D eigenvalue weighted by atomic mass is 32.2. The van der Waals surface area contributed by atoms with Crippen LogP contribution in [0.4, 0.5) is 10.3 Å². The first-order valence-corrected chi connectivity index (χ1v) is 11.0. The average Bonchev–Trinajstić information content (AvgIpc) is 3.44. The number of hydrogen-bond donors (Lipinski definition) is 0. The number of aromatic nitrogens is 3. The van der Waals surface area contributed by atoms with E-state index in [1.165, 1.54) is 22.7 Å². The van der Waals surface area contributed by atoms with Crippen molar-refractivity contribution in [3.8, 4) is 0 Å². The summed E-state index contributed by atoms with van der Waals surface area (Å²) in [7, 11) is 1.67. The molecule has 1 fully saturated rings. The molecule has 0 N–H and O–H groups in total. The number of morpholine rings is 1. The first kappa shape index (κ1) is 21.4. The zero-order valence-electron chi connectivity index (χ0n) is 17.2. The Kier molecular flexibility index (Phi) is 6.88. The van der Waals surface area contributed by atoms with Crippen LogP contribution in [0.3, 0.4) is 0 Å². The van der Waals surface area contributed by atoms with Crippen molar-refractivity contribution in [3.63, 3.8) is 0 Å². The van der Waals surface area contributed by atoms with Crippen LogP contribution >= 0.6 is 11.8 Å². The van der Waals surface area contributed by atoms with Crippen LogP contribution in [-0.2, 0) is 22.6 Å². The highest BCUT2D eigenvalue weighted by Crippen LogP contribution is 2.25. The molecule has 1 saturated heterocycles. The maximum Gasteiger partial charge on any atom is 0.233 e. The summed E-state index contributed by atoms with van der Waals surface area (Å²) >= 11 is 1.31. The van der Waals surface area contributed by atoms with Gasteiger partial charge in [0.25, 0.3) is 0 Å². The van der Waals surface area contributed by atoms with Crippen molar-refractivity contribution >= 4 is 23.6 Å². The topological polar surface area (TPSA) is 76.6 Å². The van der Waals surface area contributed by atoms with Crippen LogP contribution in [-0.4, -0.2) is 64.7 Å². The van der Waals surface area contributed by atoms with Crippen LogP contribution < -0.4 is 4.90 Å². The van der Waals surface area contributed by atoms with E-state index >= 15 is 0 Å². The second kappa shape index (κ2) is 9.97. The van der Waals surface area contributed by atoms with Crippen molar-refractivity contribution in [1.82, 2.24) is 19.7 Å². The van der Waals surface area contributed by atoms with Gasteiger partial charge in [0.1, 0.15) is 11.6 Å². The summed E-state index contributed by atoms with van der Waals surface area (Å²) in [6.45, 7) is 3.40. The van der Waals surface area contributed by atoms with Gasteiger partial charge in [0.15, 0.2) is 5.16 Å². The van der Waals surface area contributed by atoms with E-state index in [0.29, 0.717) is 30.5 Å². The SMILES string of the molecule is CN(Cc1ccccc1F)C(=O)CSc1nnc(N2CCOCC2)n1Cc1ccco1. The van der Waals surface area contributed by atoms with Gasteiger partial charge >= 0.3 is 0 Å². The number of anilines is 1. The Hall–Kier alpha value is -2.85. The molecule has 10 heteroatoms. The first-order valence-electron chi connectivity index (χ1n) is 10.0. The number of nitrogens with zero attached hydrogens (tertiary/aromatic N) is 5. The summed E-state index contributed by atoms with van der Waals surface area (Å²) in [5.74, 6) is 1.25. The lowest BCUT2D eigenvalue weighted by molar-refractivity contribution is -0.127. The van der Waals surface area contributed by atoms with Gasteiger partial charge in [0.05, 0.1) is 31.8 Å². The fourth-order valence-corrected chi connectivity index (χ4v) is 4.16. The summed E-state index contributed by atoms with van der Waals surface area (Å²) < 4.78 is 26.8. The Morgan fingerprint density at radius 3 is 2.74 bits per heavy atom. The minimum Gasteiger partial charge on any atom is -0.467 e. The molecule has 31 heavy (non-hydrogen) atoms. The highest BCUT2D eigenvalue weighted by Gasteiger charge is 2.22. The van der Waals surface area contributed by atoms with Crippen LogP contribution in [0.5, 0.6) is 0 Å².